The van der Waals surface area contributed by atoms with E-state index >= 15 is 0 Å². The first-order valence-corrected chi connectivity index (χ1v) is 19.5. The van der Waals surface area contributed by atoms with E-state index in [2.05, 4.69) is 52.2 Å². The van der Waals surface area contributed by atoms with Crippen LogP contribution in [0.2, 0.25) is 0 Å². The second-order valence-corrected chi connectivity index (χ2v) is 24.1. The molecule has 0 radical (unpaired) electrons. The summed E-state index contributed by atoms with van der Waals surface area (Å²) in [4.78, 5) is 45.3. The van der Waals surface area contributed by atoms with Gasteiger partial charge in [0.25, 0.3) is 0 Å². The van der Waals surface area contributed by atoms with Gasteiger partial charge < -0.3 is 55.5 Å². The fourth-order valence-corrected chi connectivity index (χ4v) is 13.6. The van der Waals surface area contributed by atoms with Crippen LogP contribution in [0, 0.1) is 23.7 Å². The van der Waals surface area contributed by atoms with Crippen molar-refractivity contribution in [3.8, 4) is 0 Å². The van der Waals surface area contributed by atoms with Crippen LogP contribution in [-0.2, 0) is 103 Å². The van der Waals surface area contributed by atoms with Crippen LogP contribution < -0.4 is 19.6 Å². The molecule has 0 aliphatic heterocycles. The third kappa shape index (κ3) is 30.1. The summed E-state index contributed by atoms with van der Waals surface area (Å²) in [6.45, 7) is 16.6. The van der Waals surface area contributed by atoms with Crippen molar-refractivity contribution in [3.63, 3.8) is 0 Å². The van der Waals surface area contributed by atoms with E-state index in [1.54, 1.807) is 0 Å². The van der Waals surface area contributed by atoms with Gasteiger partial charge in [0, 0.05) is 0 Å². The second-order valence-electron chi connectivity index (χ2n) is 8.71. The van der Waals surface area contributed by atoms with E-state index in [9.17, 15) is 19.6 Å². The van der Waals surface area contributed by atoms with E-state index < -0.39 is 31.5 Å². The van der Waals surface area contributed by atoms with E-state index in [1.807, 2.05) is 27.7 Å². The summed E-state index contributed by atoms with van der Waals surface area (Å²) in [5.41, 5.74) is -7.05. The smallest absolute Gasteiger partial charge is 0.854 e. The zero-order valence-electron chi connectivity index (χ0n) is 20.8. The Bertz CT molecular complexity index is 487. The van der Waals surface area contributed by atoms with Gasteiger partial charge in [0.15, 0.2) is 0 Å². The molecular formula is C18H40O4P2S4Zn3. The maximum absolute atomic E-state index is 11.3. The van der Waals surface area contributed by atoms with Gasteiger partial charge in [-0.1, -0.05) is 55.4 Å². The molecule has 0 fully saturated rings. The molecule has 0 heterocycles. The summed E-state index contributed by atoms with van der Waals surface area (Å²) in [7, 11) is -1.16. The van der Waals surface area contributed by atoms with Gasteiger partial charge in [-0.05, 0) is 59.5 Å². The van der Waals surface area contributed by atoms with Crippen molar-refractivity contribution >= 4 is 56.0 Å². The van der Waals surface area contributed by atoms with Gasteiger partial charge in [0.1, 0.15) is 0 Å². The molecule has 0 saturated carbocycles. The third-order valence-electron chi connectivity index (χ3n) is 3.55. The third-order valence-corrected chi connectivity index (χ3v) is 17.9. The fraction of sp³-hybridized carbons (Fsp3) is 1.00. The van der Waals surface area contributed by atoms with Crippen LogP contribution in [0.3, 0.4) is 0 Å². The minimum absolute atomic E-state index is 0. The van der Waals surface area contributed by atoms with Gasteiger partial charge in [0.2, 0.25) is 0 Å². The van der Waals surface area contributed by atoms with E-state index in [0.717, 1.165) is 35.9 Å². The molecule has 0 spiro atoms. The molecule has 176 valence electrons. The fourth-order valence-electron chi connectivity index (χ4n) is 2.09. The zero-order chi connectivity index (χ0) is 22.7. The van der Waals surface area contributed by atoms with Crippen molar-refractivity contribution in [2.24, 2.45) is 23.7 Å². The Morgan fingerprint density at radius 3 is 0.903 bits per heavy atom. The van der Waals surface area contributed by atoms with E-state index in [0.29, 0.717) is 23.7 Å². The molecule has 31 heavy (non-hydrogen) atoms. The molecular weight excluding hydrogens is 667 g/mol. The number of hydrogen-bond acceptors (Lipinski definition) is 6. The molecule has 4 nitrogen and oxygen atoms in total. The maximum Gasteiger partial charge on any atom is 2.00 e. The molecule has 0 aliphatic rings. The van der Waals surface area contributed by atoms with Crippen molar-refractivity contribution < 1.29 is 78.0 Å². The van der Waals surface area contributed by atoms with Gasteiger partial charge >= 0.3 is 58.4 Å². The Hall–Kier alpha value is 3.97. The Balaban J connectivity index is -0.000000133. The Labute approximate surface area is 246 Å². The Morgan fingerprint density at radius 2 is 0.774 bits per heavy atom. The van der Waals surface area contributed by atoms with Crippen molar-refractivity contribution in [1.29, 1.82) is 0 Å². The van der Waals surface area contributed by atoms with Gasteiger partial charge in [-0.25, -0.2) is 20.1 Å². The molecule has 2 atom stereocenters. The normalized spacial score (nSPS) is 13.7. The summed E-state index contributed by atoms with van der Waals surface area (Å²) in [5.74, 6) is 4.90. The Morgan fingerprint density at radius 1 is 0.548 bits per heavy atom. The molecule has 0 aromatic carbocycles. The molecule has 13 heteroatoms. The summed E-state index contributed by atoms with van der Waals surface area (Å²) in [5, 5.41) is 0. The van der Waals surface area contributed by atoms with Crippen molar-refractivity contribution in [3.05, 3.63) is 0 Å². The average Bonchev–Trinajstić information content (AvgIpc) is 2.45. The van der Waals surface area contributed by atoms with Crippen molar-refractivity contribution in [2.75, 3.05) is 23.0 Å². The molecule has 0 bridgehead atoms. The van der Waals surface area contributed by atoms with Crippen LogP contribution in [0.4, 0.5) is 0 Å². The standard InChI is InChI=1S/2C9H20O2PS2.3Zn/c2*1-8(2)5-6-14(7-9(3)4)12(10,11)13;;;/h2*8-9H,5-7H2,1-4H3;;;/q2*-3;3*+2. The predicted molar refractivity (Wildman–Crippen MR) is 131 cm³/mol. The number of rotatable bonds is 10. The van der Waals surface area contributed by atoms with Crippen molar-refractivity contribution in [2.45, 2.75) is 68.2 Å². The van der Waals surface area contributed by atoms with Crippen LogP contribution >= 0.6 is 11.4 Å². The molecule has 0 N–H and O–H groups in total. The van der Waals surface area contributed by atoms with Crippen LogP contribution in [0.1, 0.15) is 68.2 Å². The molecule has 0 aromatic rings. The molecule has 0 saturated heterocycles. The first-order valence-electron chi connectivity index (χ1n) is 9.87. The van der Waals surface area contributed by atoms with E-state index in [1.165, 1.54) is 0 Å². The van der Waals surface area contributed by atoms with Crippen LogP contribution in [0.5, 0.6) is 0 Å². The van der Waals surface area contributed by atoms with E-state index in [-0.39, 0.29) is 58.4 Å². The van der Waals surface area contributed by atoms with Crippen LogP contribution in [0.25, 0.3) is 0 Å². The van der Waals surface area contributed by atoms with Crippen molar-refractivity contribution in [1.82, 2.24) is 0 Å². The van der Waals surface area contributed by atoms with Gasteiger partial charge in [-0.15, -0.1) is 0 Å². The predicted octanol–water partition coefficient (Wildman–Crippen LogP) is 2.50. The quantitative estimate of drug-likeness (QED) is 0.197. The van der Waals surface area contributed by atoms with Gasteiger partial charge in [-0.3, -0.25) is 0 Å². The second kappa shape index (κ2) is 23.1. The van der Waals surface area contributed by atoms with Gasteiger partial charge in [0.05, 0.1) is 0 Å². The SMILES string of the molecule is CC(C)CCS(CC(C)C)=P([O-])([O-])[S-].CC(C)CCS(CC(C)C)=P([O-])([O-])[S-].[Zn+2].[Zn+2].[Zn+2]. The molecule has 0 aromatic heterocycles. The number of hydrogen-bond donors (Lipinski definition) is 0. The van der Waals surface area contributed by atoms with Gasteiger partial charge in [-0.2, -0.15) is 0 Å². The molecule has 2 unspecified atom stereocenters. The monoisotopic (exact) mass is 702 g/mol. The minimum Gasteiger partial charge on any atom is -0.854 e. The first kappa shape index (κ1) is 44.9. The largest absolute Gasteiger partial charge is 2.00 e. The summed E-state index contributed by atoms with van der Waals surface area (Å²) in [6.07, 6.45) is 1.91. The first-order chi connectivity index (χ1) is 12.5. The minimum atomic E-state index is -3.52. The maximum atomic E-state index is 11.3. The molecule has 0 rings (SSSR count). The summed E-state index contributed by atoms with van der Waals surface area (Å²) in [6, 6.07) is 0. The topological polar surface area (TPSA) is 92.2 Å². The van der Waals surface area contributed by atoms with Crippen LogP contribution in [0.15, 0.2) is 0 Å². The molecule has 0 aliphatic carbocycles. The Kier molecular flexibility index (Phi) is 33.5. The zero-order valence-corrected chi connectivity index (χ0v) is 34.8. The molecule has 0 amide bonds. The summed E-state index contributed by atoms with van der Waals surface area (Å²) < 4.78 is 0. The average molecular weight is 707 g/mol. The van der Waals surface area contributed by atoms with Crippen LogP contribution in [-0.4, -0.2) is 23.0 Å². The van der Waals surface area contributed by atoms with E-state index in [4.69, 9.17) is 0 Å². The summed E-state index contributed by atoms with van der Waals surface area (Å²) >= 11 is 9.18.